The van der Waals surface area contributed by atoms with E-state index in [-0.39, 0.29) is 0 Å². The molecule has 0 spiro atoms. The Labute approximate surface area is 145 Å². The van der Waals surface area contributed by atoms with Gasteiger partial charge < -0.3 is 0 Å². The number of hydrogen-bond donors (Lipinski definition) is 0. The fourth-order valence-electron chi connectivity index (χ4n) is 2.27. The van der Waals surface area contributed by atoms with Gasteiger partial charge in [-0.2, -0.15) is 4.31 Å². The van der Waals surface area contributed by atoms with Crippen LogP contribution >= 0.6 is 47.8 Å². The lowest BCUT2D eigenvalue weighted by Crippen LogP contribution is -2.38. The second kappa shape index (κ2) is 6.77. The SMILES string of the molecule is Cc1cc(Br)c(S(=O)(=O)N2CCC(CBr)CC2)cc1Br. The van der Waals surface area contributed by atoms with Crippen molar-refractivity contribution in [2.45, 2.75) is 24.7 Å². The molecule has 1 aliphatic rings. The monoisotopic (exact) mass is 487 g/mol. The summed E-state index contributed by atoms with van der Waals surface area (Å²) in [7, 11) is -3.42. The maximum atomic E-state index is 12.7. The zero-order valence-electron chi connectivity index (χ0n) is 11.1. The van der Waals surface area contributed by atoms with E-state index in [4.69, 9.17) is 0 Å². The van der Waals surface area contributed by atoms with Gasteiger partial charge >= 0.3 is 0 Å². The molecule has 0 bridgehead atoms. The molecule has 1 fully saturated rings. The van der Waals surface area contributed by atoms with Crippen molar-refractivity contribution in [2.24, 2.45) is 5.92 Å². The fraction of sp³-hybridized carbons (Fsp3) is 0.538. The van der Waals surface area contributed by atoms with Crippen LogP contribution in [0.3, 0.4) is 0 Å². The van der Waals surface area contributed by atoms with Crippen LogP contribution in [0.25, 0.3) is 0 Å². The smallest absolute Gasteiger partial charge is 0.207 e. The van der Waals surface area contributed by atoms with Crippen LogP contribution in [0.2, 0.25) is 0 Å². The van der Waals surface area contributed by atoms with E-state index >= 15 is 0 Å². The predicted octanol–water partition coefficient (Wildman–Crippen LogP) is 4.32. The average molecular weight is 490 g/mol. The lowest BCUT2D eigenvalue weighted by molar-refractivity contribution is 0.292. The van der Waals surface area contributed by atoms with E-state index in [1.54, 1.807) is 10.4 Å². The molecule has 0 amide bonds. The molecule has 0 atom stereocenters. The number of benzene rings is 1. The van der Waals surface area contributed by atoms with E-state index in [0.717, 1.165) is 28.2 Å². The molecule has 2 rings (SSSR count). The van der Waals surface area contributed by atoms with Crippen molar-refractivity contribution < 1.29 is 8.42 Å². The van der Waals surface area contributed by atoms with Crippen molar-refractivity contribution in [3.8, 4) is 0 Å². The van der Waals surface area contributed by atoms with Crippen LogP contribution in [0.1, 0.15) is 18.4 Å². The minimum Gasteiger partial charge on any atom is -0.207 e. The molecule has 1 aromatic rings. The van der Waals surface area contributed by atoms with Crippen LogP contribution in [0.4, 0.5) is 0 Å². The van der Waals surface area contributed by atoms with E-state index in [1.807, 2.05) is 13.0 Å². The Kier molecular flexibility index (Phi) is 5.73. The Balaban J connectivity index is 2.30. The van der Waals surface area contributed by atoms with Gasteiger partial charge in [-0.15, -0.1) is 0 Å². The first-order valence-corrected chi connectivity index (χ1v) is 10.5. The van der Waals surface area contributed by atoms with Crippen LogP contribution < -0.4 is 0 Å². The minimum absolute atomic E-state index is 0.340. The van der Waals surface area contributed by atoms with Gasteiger partial charge in [0.05, 0.1) is 4.90 Å². The first-order chi connectivity index (χ1) is 9.36. The predicted molar refractivity (Wildman–Crippen MR) is 91.9 cm³/mol. The third-order valence-corrected chi connectivity index (χ3v) is 8.25. The second-order valence-corrected chi connectivity index (χ2v) is 9.30. The highest BCUT2D eigenvalue weighted by atomic mass is 79.9. The summed E-state index contributed by atoms with van der Waals surface area (Å²) in [5, 5.41) is 0.945. The Morgan fingerprint density at radius 3 is 2.35 bits per heavy atom. The molecular formula is C13H16Br3NO2S. The van der Waals surface area contributed by atoms with Crippen molar-refractivity contribution in [3.05, 3.63) is 26.6 Å². The summed E-state index contributed by atoms with van der Waals surface area (Å²) in [6.45, 7) is 3.12. The van der Waals surface area contributed by atoms with Crippen LogP contribution in [-0.2, 0) is 10.0 Å². The molecule has 0 saturated carbocycles. The summed E-state index contributed by atoms with van der Waals surface area (Å²) in [5.41, 5.74) is 1.01. The van der Waals surface area contributed by atoms with E-state index < -0.39 is 10.0 Å². The number of aryl methyl sites for hydroxylation is 1. The summed E-state index contributed by atoms with van der Waals surface area (Å²) in [6, 6.07) is 3.52. The lowest BCUT2D eigenvalue weighted by Gasteiger charge is -2.30. The fourth-order valence-corrected chi connectivity index (χ4v) is 6.02. The van der Waals surface area contributed by atoms with Gasteiger partial charge in [-0.05, 0) is 59.3 Å². The van der Waals surface area contributed by atoms with E-state index in [2.05, 4.69) is 47.8 Å². The van der Waals surface area contributed by atoms with Crippen LogP contribution in [0.5, 0.6) is 0 Å². The van der Waals surface area contributed by atoms with Crippen molar-refractivity contribution in [3.63, 3.8) is 0 Å². The van der Waals surface area contributed by atoms with Gasteiger partial charge in [-0.1, -0.05) is 31.9 Å². The molecule has 3 nitrogen and oxygen atoms in total. The van der Waals surface area contributed by atoms with Gasteiger partial charge in [0, 0.05) is 27.4 Å². The van der Waals surface area contributed by atoms with Gasteiger partial charge in [-0.25, -0.2) is 8.42 Å². The molecule has 112 valence electrons. The first-order valence-electron chi connectivity index (χ1n) is 6.38. The molecule has 1 aromatic carbocycles. The molecule has 0 radical (unpaired) electrons. The summed E-state index contributed by atoms with van der Waals surface area (Å²) in [5.74, 6) is 0.578. The number of nitrogens with zero attached hydrogens (tertiary/aromatic N) is 1. The van der Waals surface area contributed by atoms with Crippen molar-refractivity contribution >= 4 is 57.8 Å². The zero-order valence-corrected chi connectivity index (χ0v) is 16.6. The van der Waals surface area contributed by atoms with Gasteiger partial charge in [0.1, 0.15) is 0 Å². The molecule has 0 aromatic heterocycles. The first kappa shape index (κ1) is 16.9. The third kappa shape index (κ3) is 3.48. The molecule has 7 heteroatoms. The van der Waals surface area contributed by atoms with Crippen molar-refractivity contribution in [1.82, 2.24) is 4.31 Å². The molecule has 1 saturated heterocycles. The summed E-state index contributed by atoms with van der Waals surface area (Å²) in [4.78, 5) is 0.340. The second-order valence-electron chi connectivity index (χ2n) is 5.03. The normalized spacial score (nSPS) is 18.4. The molecule has 0 N–H and O–H groups in total. The van der Waals surface area contributed by atoms with Gasteiger partial charge in [-0.3, -0.25) is 0 Å². The quantitative estimate of drug-likeness (QED) is 0.593. The Morgan fingerprint density at radius 2 is 1.80 bits per heavy atom. The van der Waals surface area contributed by atoms with Crippen LogP contribution in [-0.4, -0.2) is 31.1 Å². The molecule has 0 unspecified atom stereocenters. The zero-order chi connectivity index (χ0) is 14.9. The largest absolute Gasteiger partial charge is 0.244 e. The Morgan fingerprint density at radius 1 is 1.20 bits per heavy atom. The molecule has 1 heterocycles. The summed E-state index contributed by atoms with van der Waals surface area (Å²) >= 11 is 10.3. The number of piperidine rings is 1. The van der Waals surface area contributed by atoms with E-state index in [1.165, 1.54) is 0 Å². The average Bonchev–Trinajstić information content (AvgIpc) is 2.42. The number of alkyl halides is 1. The van der Waals surface area contributed by atoms with E-state index in [9.17, 15) is 8.42 Å². The maximum absolute atomic E-state index is 12.7. The van der Waals surface area contributed by atoms with Crippen LogP contribution in [0, 0.1) is 12.8 Å². The van der Waals surface area contributed by atoms with Gasteiger partial charge in [0.25, 0.3) is 0 Å². The highest BCUT2D eigenvalue weighted by Crippen LogP contribution is 2.32. The number of halogens is 3. The molecule has 1 aliphatic heterocycles. The summed E-state index contributed by atoms with van der Waals surface area (Å²) < 4.78 is 28.5. The number of hydrogen-bond acceptors (Lipinski definition) is 2. The topological polar surface area (TPSA) is 37.4 Å². The van der Waals surface area contributed by atoms with Crippen molar-refractivity contribution in [2.75, 3.05) is 18.4 Å². The number of sulfonamides is 1. The Bertz CT molecular complexity index is 596. The van der Waals surface area contributed by atoms with Gasteiger partial charge in [0.2, 0.25) is 10.0 Å². The Hall–Kier alpha value is 0.570. The highest BCUT2D eigenvalue weighted by molar-refractivity contribution is 9.11. The maximum Gasteiger partial charge on any atom is 0.244 e. The standard InChI is InChI=1S/C13H16Br3NO2S/c1-9-6-12(16)13(7-11(9)15)20(18,19)17-4-2-10(8-14)3-5-17/h6-7,10H,2-5,8H2,1H3. The minimum atomic E-state index is -3.42. The van der Waals surface area contributed by atoms with Gasteiger partial charge in [0.15, 0.2) is 0 Å². The van der Waals surface area contributed by atoms with Crippen molar-refractivity contribution in [1.29, 1.82) is 0 Å². The lowest BCUT2D eigenvalue weighted by atomic mass is 10.0. The molecule has 0 aliphatic carbocycles. The highest BCUT2D eigenvalue weighted by Gasteiger charge is 2.30. The van der Waals surface area contributed by atoms with Crippen LogP contribution in [0.15, 0.2) is 26.0 Å². The molecular weight excluding hydrogens is 474 g/mol. The third-order valence-electron chi connectivity index (χ3n) is 3.62. The molecule has 20 heavy (non-hydrogen) atoms. The number of rotatable bonds is 3. The van der Waals surface area contributed by atoms with E-state index in [0.29, 0.717) is 28.4 Å². The summed E-state index contributed by atoms with van der Waals surface area (Å²) in [6.07, 6.45) is 1.82.